The van der Waals surface area contributed by atoms with Crippen LogP contribution in [-0.4, -0.2) is 205 Å². The van der Waals surface area contributed by atoms with E-state index in [9.17, 15) is 55.0 Å². The fourth-order valence-electron chi connectivity index (χ4n) is 12.0. The van der Waals surface area contributed by atoms with Gasteiger partial charge in [0.1, 0.15) is 18.2 Å². The van der Waals surface area contributed by atoms with Crippen LogP contribution in [0.5, 0.6) is 0 Å². The van der Waals surface area contributed by atoms with Gasteiger partial charge in [0, 0.05) is 88.7 Å². The molecule has 28 heteroatoms. The Morgan fingerprint density at radius 1 is 0.465 bits per heavy atom. The Balaban J connectivity index is 0.000000232. The monoisotopic (exact) mass is 1670 g/mol. The Bertz CT molecular complexity index is 6260. The molecule has 0 aliphatic carbocycles. The maximum absolute atomic E-state index is 14.0. The van der Waals surface area contributed by atoms with Gasteiger partial charge in [-0.25, -0.2) is 25.3 Å². The first-order valence-electron chi connectivity index (χ1n) is 54.2. The number of aliphatic hydroxyl groups is 3. The van der Waals surface area contributed by atoms with Crippen molar-refractivity contribution in [3.8, 4) is 0 Å². The molecule has 12 rings (SSSR count). The number of anilines is 1. The maximum Gasteiger partial charge on any atom is 0.306 e. The van der Waals surface area contributed by atoms with Gasteiger partial charge in [0.05, 0.1) is 134 Å². The van der Waals surface area contributed by atoms with Gasteiger partial charge in [-0.2, -0.15) is 12.9 Å². The molecule has 6 aromatic carbocycles. The van der Waals surface area contributed by atoms with Crippen molar-refractivity contribution in [2.75, 3.05) is 84.3 Å². The zero-order valence-electron chi connectivity index (χ0n) is 99.7. The Kier molecular flexibility index (Phi) is 18.8. The lowest BCUT2D eigenvalue weighted by Gasteiger charge is -2.30. The van der Waals surface area contributed by atoms with Crippen LogP contribution < -0.4 is 5.73 Å². The van der Waals surface area contributed by atoms with E-state index in [1.165, 1.54) is 48.5 Å². The number of aliphatic hydroxyl groups excluding tert-OH is 3. The van der Waals surface area contributed by atoms with E-state index in [0.29, 0.717) is 33.5 Å². The second kappa shape index (κ2) is 41.8. The van der Waals surface area contributed by atoms with E-state index in [1.807, 2.05) is 0 Å². The minimum absolute atomic E-state index is 0.00196. The van der Waals surface area contributed by atoms with Crippen LogP contribution in [-0.2, 0) is 106 Å². The van der Waals surface area contributed by atoms with Crippen LogP contribution in [0.25, 0.3) is 0 Å². The van der Waals surface area contributed by atoms with Crippen LogP contribution in [0.15, 0.2) is 178 Å². The maximum atomic E-state index is 14.0. The quantitative estimate of drug-likeness (QED) is 0.0161. The van der Waals surface area contributed by atoms with Gasteiger partial charge in [-0.1, -0.05) is 168 Å². The van der Waals surface area contributed by atoms with Crippen LogP contribution in [0.1, 0.15) is 158 Å². The molecule has 17 atom stereocenters. The normalized spacial score (nSPS) is 38.9. The molecule has 114 heavy (non-hydrogen) atoms. The molecule has 0 saturated carbocycles. The highest BCUT2D eigenvalue weighted by Gasteiger charge is 2.47. The van der Waals surface area contributed by atoms with Gasteiger partial charge in [0.2, 0.25) is 30.1 Å². The second-order valence-corrected chi connectivity index (χ2v) is 33.2. The number of hydrogen-bond donors (Lipinski definition) is 4. The molecule has 6 aromatic rings. The summed E-state index contributed by atoms with van der Waals surface area (Å²) in [5, 5.41) is 34.8. The third kappa shape index (κ3) is 25.2. The number of nitrogen functional groups attached to an aromatic ring is 1. The van der Waals surface area contributed by atoms with Gasteiger partial charge in [0.15, 0.2) is 18.8 Å². The molecular formula is C86H116N4O21S3. The summed E-state index contributed by atoms with van der Waals surface area (Å²) >= 11 is 0. The highest BCUT2D eigenvalue weighted by atomic mass is 32.2. The lowest BCUT2D eigenvalue weighted by Crippen LogP contribution is -2.43. The summed E-state index contributed by atoms with van der Waals surface area (Å²) in [6.07, 6.45) is -41.4. The zero-order chi connectivity index (χ0) is 115. The summed E-state index contributed by atoms with van der Waals surface area (Å²) in [7, 11) is -13.8. The highest BCUT2D eigenvalue weighted by molar-refractivity contribution is 7.89. The zero-order valence-corrected chi connectivity index (χ0v) is 65.2. The standard InChI is InChI=1S/2C29H39NO7S.C28H38N2O7S/c2*1-20(2)17-30(38(33,34)24-11-9-21(3)10-12-24)18-26(31)23(15-22-7-5-4-6-8-22)16-28(32)37-27-19-36-29-25(27)13-14-35-29;1-19(2)16-30(38(33,34)23-10-8-22(29)9-11-23)17-25(31)21(14-20-6-4-3-5-7-20)15-27(32)37-26-18-36-28-24(26)12-13-35-28/h2*4-12,20,23,25-27,29,31H,13-19H2,1-3H3;3-11,19,21,24-26,28,31H,12-18,29H2,1-2H3/t2*23-,25+,26-,27+,29-;21-,24+,25-,26+,28-/m111/s1/i1D3,13D2,14D2,19D2,20D,25D,27D,29D;13D2,14D2,19D2,25D,27D,29D;1D3,12D2,13D2,16D2,18D2,19D,24D,26D,28D/t20?,23-,25+,26-,27+,29-;m;19?,21-,24+,25-,26+,28-. The molecule has 5 N–H and O–H groups in total. The number of hydrogen-bond acceptors (Lipinski definition) is 22. The number of benzene rings is 6. The highest BCUT2D eigenvalue weighted by Crippen LogP contribution is 2.38. The summed E-state index contributed by atoms with van der Waals surface area (Å²) in [5.41, 5.74) is 8.87. The number of nitrogens with zero attached hydrogens (tertiary/aromatic N) is 3. The van der Waals surface area contributed by atoms with Crippen LogP contribution >= 0.6 is 0 Å². The van der Waals surface area contributed by atoms with E-state index in [1.54, 1.807) is 119 Å². The summed E-state index contributed by atoms with van der Waals surface area (Å²) in [6, 6.07) is 40.5. The van der Waals surface area contributed by atoms with Gasteiger partial charge in [-0.15, -0.1) is 0 Å². The molecule has 0 amide bonds. The predicted molar refractivity (Wildman–Crippen MR) is 428 cm³/mol. The molecule has 0 radical (unpaired) electrons. The fraction of sp³-hybridized carbons (Fsp3) is 0.547. The van der Waals surface area contributed by atoms with Gasteiger partial charge in [-0.05, 0) is 135 Å². The number of esters is 3. The lowest BCUT2D eigenvalue weighted by molar-refractivity contribution is -0.153. The molecule has 6 saturated heterocycles. The first-order valence-corrected chi connectivity index (χ1v) is 40.0. The fourth-order valence-corrected chi connectivity index (χ4v) is 16.4. The van der Waals surface area contributed by atoms with Crippen LogP contribution in [0.2, 0.25) is 0 Å². The van der Waals surface area contributed by atoms with Crippen LogP contribution in [0.3, 0.4) is 0 Å². The molecule has 624 valence electrons. The van der Waals surface area contributed by atoms with E-state index in [-0.39, 0.29) is 51.5 Å². The summed E-state index contributed by atoms with van der Waals surface area (Å²) in [6.45, 7) is -25.9. The molecule has 2 unspecified atom stereocenters. The Hall–Kier alpha value is -7.10. The molecular weight excluding hydrogens is 1520 g/mol. The van der Waals surface area contributed by atoms with Gasteiger partial charge in [-0.3, -0.25) is 14.4 Å². The van der Waals surface area contributed by atoms with Crippen molar-refractivity contribution < 1.29 is 148 Å². The third-order valence-electron chi connectivity index (χ3n) is 17.7. The van der Waals surface area contributed by atoms with Crippen LogP contribution in [0, 0.1) is 67.0 Å². The number of carbonyl (C=O) groups is 3. The second-order valence-electron chi connectivity index (χ2n) is 27.4. The van der Waals surface area contributed by atoms with Crippen molar-refractivity contribution in [3.05, 3.63) is 192 Å². The Morgan fingerprint density at radius 3 is 1.10 bits per heavy atom. The van der Waals surface area contributed by atoms with E-state index < -0.39 is 280 Å². The summed E-state index contributed by atoms with van der Waals surface area (Å²) in [4.78, 5) is 39.9. The molecule has 0 spiro atoms. The first kappa shape index (κ1) is 51.3. The topological polar surface area (TPSA) is 333 Å². The molecule has 6 heterocycles. The Labute approximate surface area is 725 Å². The van der Waals surface area contributed by atoms with Gasteiger partial charge < -0.3 is 63.7 Å². The summed E-state index contributed by atoms with van der Waals surface area (Å²) in [5.74, 6) is -25.2. The van der Waals surface area contributed by atoms with E-state index in [2.05, 4.69) is 9.47 Å². The molecule has 0 bridgehead atoms. The number of aryl methyl sites for hydroxylation is 2. The number of fused-ring (bicyclic) bond motifs is 3. The summed E-state index contributed by atoms with van der Waals surface area (Å²) < 4.78 is 433. The van der Waals surface area contributed by atoms with Crippen molar-refractivity contribution >= 4 is 53.7 Å². The SMILES string of the molecule is [2H]C([2H])([2H])C([2H])(C)C([2H])([2H])N(C[C@@H](O)[C@@H](CC(=O)O[C@@]1([2H])C([2H])([2H])O[C@@]2([2H])OC([2H])([2H])C([2H])([2H])[C@]21[2H])Cc1ccccc1)S(=O)(=O)c1ccc(N)cc1.[2H]C([2H])([2H])C([2H])(C)CN(C[C@@H](O)[C@@H](CC(=O)O[C@@]1([2H])C([2H])([2H])O[C@@]2([2H])OC([2H])([2H])C([2H])([2H])[C@]21[2H])Cc1ccccc1)S(=O)(=O)c1ccc(C)cc1.[2H]C1([2H])O[C@]2([2H])OC([2H])([2H])[C@]([2H])(OC(=O)C[C@@H](Cc3ccccc3)[C@H](O)CN(CC(C)C)S(=O)(=O)c3ccc(C)cc3)[C@]2([2H])C1([2H])[2H]. The first-order chi connectivity index (χ1) is 68.2. The van der Waals surface area contributed by atoms with Crippen molar-refractivity contribution in [2.45, 2.75) is 183 Å². The van der Waals surface area contributed by atoms with E-state index in [4.69, 9.17) is 89.6 Å². The lowest BCUT2D eigenvalue weighted by atomic mass is 9.90. The van der Waals surface area contributed by atoms with Crippen molar-refractivity contribution in [3.63, 3.8) is 0 Å². The molecule has 6 aliphatic heterocycles. The molecule has 0 aromatic heterocycles. The largest absolute Gasteiger partial charge is 0.459 e. The number of sulfonamides is 3. The minimum Gasteiger partial charge on any atom is -0.459 e. The third-order valence-corrected chi connectivity index (χ3v) is 23.1. The average molecular weight is 1680 g/mol. The van der Waals surface area contributed by atoms with Gasteiger partial charge in [0.25, 0.3) is 0 Å². The molecule has 6 fully saturated rings. The molecule has 25 nitrogen and oxygen atoms in total. The van der Waals surface area contributed by atoms with E-state index >= 15 is 0 Å². The number of carbonyl (C=O) groups excluding carboxylic acids is 3. The van der Waals surface area contributed by atoms with Crippen molar-refractivity contribution in [1.82, 2.24) is 12.9 Å². The smallest absolute Gasteiger partial charge is 0.306 e. The number of ether oxygens (including phenoxy) is 9. The number of rotatable bonds is 36. The number of nitrogens with two attached hydrogens (primary N) is 1. The predicted octanol–water partition coefficient (Wildman–Crippen LogP) is 9.94. The van der Waals surface area contributed by atoms with Gasteiger partial charge >= 0.3 is 17.9 Å². The molecule has 6 aliphatic rings. The average Bonchev–Trinajstić information content (AvgIpc) is 1.48. The van der Waals surface area contributed by atoms with Crippen LogP contribution in [0.4, 0.5) is 5.69 Å². The van der Waals surface area contributed by atoms with E-state index in [0.717, 1.165) is 41.1 Å². The minimum atomic E-state index is -5.12. The van der Waals surface area contributed by atoms with Crippen molar-refractivity contribution in [2.24, 2.45) is 53.1 Å². The van der Waals surface area contributed by atoms with Crippen molar-refractivity contribution in [1.29, 1.82) is 0 Å². The Morgan fingerprint density at radius 2 is 0.772 bits per heavy atom.